The third kappa shape index (κ3) is 5.00. The Bertz CT molecular complexity index is 824. The Kier molecular flexibility index (Phi) is 7.60. The molecular formula is C29H46O6. The molecule has 0 spiro atoms. The average Bonchev–Trinajstić information content (AvgIpc) is 3.14. The van der Waals surface area contributed by atoms with Gasteiger partial charge in [0, 0.05) is 6.42 Å². The number of carboxylic acid groups (broad SMARTS) is 2. The monoisotopic (exact) mass is 490 g/mol. The molecule has 0 aliphatic heterocycles. The Labute approximate surface area is 210 Å². The van der Waals surface area contributed by atoms with Gasteiger partial charge in [0.25, 0.3) is 0 Å². The van der Waals surface area contributed by atoms with Gasteiger partial charge in [-0.2, -0.15) is 0 Å². The van der Waals surface area contributed by atoms with Crippen LogP contribution in [0.1, 0.15) is 105 Å². The first-order valence-electron chi connectivity index (χ1n) is 14.1. The summed E-state index contributed by atoms with van der Waals surface area (Å²) in [4.78, 5) is 34.5. The number of carboxylic acids is 2. The lowest BCUT2D eigenvalue weighted by atomic mass is 9.44. The normalized spacial score (nSPS) is 42.2. The van der Waals surface area contributed by atoms with Crippen LogP contribution in [0.4, 0.5) is 0 Å². The summed E-state index contributed by atoms with van der Waals surface area (Å²) in [7, 11) is 0. The maximum atomic E-state index is 12.3. The van der Waals surface area contributed by atoms with E-state index in [1.165, 1.54) is 38.5 Å². The second-order valence-corrected chi connectivity index (χ2v) is 13.1. The Morgan fingerprint density at radius 3 is 2.29 bits per heavy atom. The van der Waals surface area contributed by atoms with E-state index in [-0.39, 0.29) is 24.9 Å². The van der Waals surface area contributed by atoms with Crippen molar-refractivity contribution in [2.24, 2.45) is 52.3 Å². The van der Waals surface area contributed by atoms with Crippen LogP contribution >= 0.6 is 0 Å². The molecule has 0 aromatic heterocycles. The number of hydrogen-bond acceptors (Lipinski definition) is 4. The first-order chi connectivity index (χ1) is 16.5. The van der Waals surface area contributed by atoms with Crippen LogP contribution in [0, 0.1) is 52.3 Å². The fourth-order valence-corrected chi connectivity index (χ4v) is 9.42. The third-order valence-electron chi connectivity index (χ3n) is 11.4. The van der Waals surface area contributed by atoms with Crippen LogP contribution in [0.5, 0.6) is 0 Å². The predicted molar refractivity (Wildman–Crippen MR) is 133 cm³/mol. The molecule has 4 aliphatic rings. The van der Waals surface area contributed by atoms with Crippen molar-refractivity contribution in [2.45, 2.75) is 111 Å². The molecule has 0 bridgehead atoms. The molecule has 0 aromatic carbocycles. The highest BCUT2D eigenvalue weighted by molar-refractivity contribution is 5.78. The van der Waals surface area contributed by atoms with Gasteiger partial charge in [0.15, 0.2) is 0 Å². The van der Waals surface area contributed by atoms with E-state index in [1.807, 2.05) is 0 Å². The van der Waals surface area contributed by atoms with Crippen LogP contribution in [0.2, 0.25) is 0 Å². The molecule has 1 unspecified atom stereocenters. The lowest BCUT2D eigenvalue weighted by Gasteiger charge is -2.61. The zero-order valence-electron chi connectivity index (χ0n) is 22.1. The van der Waals surface area contributed by atoms with E-state index < -0.39 is 17.9 Å². The predicted octanol–water partition coefficient (Wildman–Crippen LogP) is 6.17. The molecular weight excluding hydrogens is 444 g/mol. The van der Waals surface area contributed by atoms with Gasteiger partial charge in [-0.3, -0.25) is 14.4 Å². The summed E-state index contributed by atoms with van der Waals surface area (Å²) in [6, 6.07) is 0. The molecule has 0 aromatic rings. The molecule has 10 atom stereocenters. The van der Waals surface area contributed by atoms with E-state index in [1.54, 1.807) is 6.92 Å². The fraction of sp³-hybridized carbons (Fsp3) is 0.897. The zero-order valence-corrected chi connectivity index (χ0v) is 22.1. The molecule has 4 fully saturated rings. The number of ether oxygens (including phenoxy) is 1. The zero-order chi connectivity index (χ0) is 25.5. The van der Waals surface area contributed by atoms with Crippen molar-refractivity contribution in [1.29, 1.82) is 0 Å². The molecule has 198 valence electrons. The van der Waals surface area contributed by atoms with Gasteiger partial charge < -0.3 is 14.9 Å². The van der Waals surface area contributed by atoms with Crippen molar-refractivity contribution in [3.63, 3.8) is 0 Å². The van der Waals surface area contributed by atoms with Crippen molar-refractivity contribution in [3.8, 4) is 0 Å². The third-order valence-corrected chi connectivity index (χ3v) is 11.4. The number of hydrogen-bond donors (Lipinski definition) is 2. The summed E-state index contributed by atoms with van der Waals surface area (Å²) < 4.78 is 5.76. The smallest absolute Gasteiger partial charge is 0.306 e. The molecule has 0 radical (unpaired) electrons. The van der Waals surface area contributed by atoms with Crippen molar-refractivity contribution < 1.29 is 29.3 Å². The van der Waals surface area contributed by atoms with E-state index in [4.69, 9.17) is 9.84 Å². The summed E-state index contributed by atoms with van der Waals surface area (Å²) in [6.07, 6.45) is 11.4. The van der Waals surface area contributed by atoms with Crippen molar-refractivity contribution in [1.82, 2.24) is 0 Å². The van der Waals surface area contributed by atoms with Crippen molar-refractivity contribution in [3.05, 3.63) is 0 Å². The van der Waals surface area contributed by atoms with E-state index >= 15 is 0 Å². The fourth-order valence-electron chi connectivity index (χ4n) is 9.42. The highest BCUT2D eigenvalue weighted by Crippen LogP contribution is 2.68. The van der Waals surface area contributed by atoms with Crippen LogP contribution in [0.3, 0.4) is 0 Å². The van der Waals surface area contributed by atoms with E-state index in [0.29, 0.717) is 28.6 Å². The molecule has 2 N–H and O–H groups in total. The molecule has 6 nitrogen and oxygen atoms in total. The largest absolute Gasteiger partial charge is 0.481 e. The number of rotatable bonds is 8. The van der Waals surface area contributed by atoms with Crippen molar-refractivity contribution in [2.75, 3.05) is 0 Å². The summed E-state index contributed by atoms with van der Waals surface area (Å²) >= 11 is 0. The summed E-state index contributed by atoms with van der Waals surface area (Å²) in [5.74, 6) is 1.23. The van der Waals surface area contributed by atoms with Gasteiger partial charge >= 0.3 is 17.9 Å². The van der Waals surface area contributed by atoms with E-state index in [2.05, 4.69) is 20.8 Å². The number of fused-ring (bicyclic) bond motifs is 5. The molecule has 35 heavy (non-hydrogen) atoms. The minimum absolute atomic E-state index is 0.0508. The highest BCUT2D eigenvalue weighted by Gasteiger charge is 2.60. The number of aliphatic carboxylic acids is 2. The minimum atomic E-state index is -0.953. The van der Waals surface area contributed by atoms with E-state index in [0.717, 1.165) is 43.4 Å². The highest BCUT2D eigenvalue weighted by atomic mass is 16.5. The summed E-state index contributed by atoms with van der Waals surface area (Å²) in [5, 5.41) is 18.3. The molecule has 0 amide bonds. The van der Waals surface area contributed by atoms with Gasteiger partial charge in [0.05, 0.1) is 12.3 Å². The van der Waals surface area contributed by atoms with Gasteiger partial charge in [-0.25, -0.2) is 0 Å². The van der Waals surface area contributed by atoms with Gasteiger partial charge in [0.2, 0.25) is 0 Å². The number of esters is 1. The lowest BCUT2D eigenvalue weighted by molar-refractivity contribution is -0.165. The van der Waals surface area contributed by atoms with Crippen LogP contribution in [-0.4, -0.2) is 34.2 Å². The Hall–Kier alpha value is -1.59. The molecule has 0 heterocycles. The Morgan fingerprint density at radius 2 is 1.60 bits per heavy atom. The number of carbonyl (C=O) groups is 3. The first-order valence-corrected chi connectivity index (χ1v) is 14.1. The summed E-state index contributed by atoms with van der Waals surface area (Å²) in [5.41, 5.74) is 0.643. The van der Waals surface area contributed by atoms with Crippen LogP contribution in [0.15, 0.2) is 0 Å². The average molecular weight is 491 g/mol. The van der Waals surface area contributed by atoms with Gasteiger partial charge in [0.1, 0.15) is 6.10 Å². The Balaban J connectivity index is 1.39. The number of carbonyl (C=O) groups excluding carboxylic acids is 1. The molecule has 4 aliphatic carbocycles. The van der Waals surface area contributed by atoms with E-state index in [9.17, 15) is 19.5 Å². The van der Waals surface area contributed by atoms with Crippen LogP contribution < -0.4 is 0 Å². The molecule has 6 heteroatoms. The molecule has 4 rings (SSSR count). The summed E-state index contributed by atoms with van der Waals surface area (Å²) in [6.45, 7) is 8.86. The second kappa shape index (κ2) is 10.0. The van der Waals surface area contributed by atoms with Crippen molar-refractivity contribution >= 4 is 17.9 Å². The SMILES string of the molecule is CC(CC(=O)O[C@@H]1CC[C@@]2(C)[C@H](CC[C@@H]3[C@@H]2CC[C@]2(C)[C@@H]([C@H](C)CCC(=O)O)CC[C@@H]32)C1)C(=O)O. The van der Waals surface area contributed by atoms with Gasteiger partial charge in [-0.1, -0.05) is 27.7 Å². The van der Waals surface area contributed by atoms with Gasteiger partial charge in [-0.05, 0) is 111 Å². The first kappa shape index (κ1) is 26.5. The lowest BCUT2D eigenvalue weighted by Crippen LogP contribution is -2.54. The van der Waals surface area contributed by atoms with Gasteiger partial charge in [-0.15, -0.1) is 0 Å². The molecule has 4 saturated carbocycles. The Morgan fingerprint density at radius 1 is 0.914 bits per heavy atom. The quantitative estimate of drug-likeness (QED) is 0.395. The second-order valence-electron chi connectivity index (χ2n) is 13.1. The molecule has 0 saturated heterocycles. The van der Waals surface area contributed by atoms with Crippen LogP contribution in [0.25, 0.3) is 0 Å². The maximum absolute atomic E-state index is 12.3. The minimum Gasteiger partial charge on any atom is -0.481 e. The standard InChI is InChI=1S/C29H46O6/c1-17(5-10-25(30)31)22-8-9-23-21-7-6-19-16-20(35-26(32)15-18(2)27(33)34)11-13-28(19,3)24(21)12-14-29(22,23)4/h17-24H,5-16H2,1-4H3,(H,30,31)(H,33,34)/t17-,18?,19-,20-,21+,22-,23+,24+,28+,29-/m1/s1. The van der Waals surface area contributed by atoms with Crippen LogP contribution in [-0.2, 0) is 19.1 Å². The maximum Gasteiger partial charge on any atom is 0.306 e. The topological polar surface area (TPSA) is 101 Å².